The number of carbonyl (C=O) groups excluding carboxylic acids is 2. The normalized spacial score (nSPS) is 16.6. The monoisotopic (exact) mass is 551 g/mol. The van der Waals surface area contributed by atoms with Crippen molar-refractivity contribution in [2.75, 3.05) is 0 Å². The van der Waals surface area contributed by atoms with Crippen LogP contribution < -0.4 is 11.1 Å². The Balaban J connectivity index is 1.83. The number of carboxylic acids is 1. The number of hydrogen-bond donors (Lipinski definition) is 3. The molecule has 0 aliphatic heterocycles. The minimum Gasteiger partial charge on any atom is -0.476 e. The van der Waals surface area contributed by atoms with Gasteiger partial charge in [-0.3, -0.25) is 9.69 Å². The number of aryl methyl sites for hydroxylation is 2. The van der Waals surface area contributed by atoms with Crippen molar-refractivity contribution in [2.45, 2.75) is 90.3 Å². The summed E-state index contributed by atoms with van der Waals surface area (Å²) in [6.07, 6.45) is 7.17. The van der Waals surface area contributed by atoms with E-state index < -0.39 is 35.5 Å². The topological polar surface area (TPSA) is 144 Å². The van der Waals surface area contributed by atoms with Gasteiger partial charge in [-0.2, -0.15) is 0 Å². The first-order valence-electron chi connectivity index (χ1n) is 14.0. The van der Waals surface area contributed by atoms with Crippen LogP contribution in [0, 0.1) is 12.8 Å². The van der Waals surface area contributed by atoms with Crippen LogP contribution in [0.25, 0.3) is 10.9 Å². The number of carbonyl (C=O) groups is 3. The molecule has 40 heavy (non-hydrogen) atoms. The summed E-state index contributed by atoms with van der Waals surface area (Å²) in [5, 5.41) is 13.8. The quantitative estimate of drug-likeness (QED) is 0.336. The second kappa shape index (κ2) is 11.8. The molecule has 10 heteroatoms. The fourth-order valence-electron chi connectivity index (χ4n) is 5.80. The summed E-state index contributed by atoms with van der Waals surface area (Å²) in [6, 6.07) is 5.31. The average Bonchev–Trinajstić information content (AvgIpc) is 3.43. The van der Waals surface area contributed by atoms with E-state index >= 15 is 0 Å². The zero-order chi connectivity index (χ0) is 29.2. The van der Waals surface area contributed by atoms with Crippen molar-refractivity contribution in [3.8, 4) is 0 Å². The Hall–Kier alpha value is -3.66. The maximum absolute atomic E-state index is 14.1. The molecule has 1 aliphatic carbocycles. The summed E-state index contributed by atoms with van der Waals surface area (Å²) >= 11 is 0. The Morgan fingerprint density at radius 2 is 1.88 bits per heavy atom. The number of oxazole rings is 1. The third kappa shape index (κ3) is 6.22. The Morgan fingerprint density at radius 1 is 1.20 bits per heavy atom. The first-order valence-corrected chi connectivity index (χ1v) is 14.0. The Labute approximate surface area is 234 Å². The summed E-state index contributed by atoms with van der Waals surface area (Å²) in [6.45, 7) is 7.43. The number of rotatable bonds is 9. The molecule has 2 aromatic heterocycles. The molecule has 10 nitrogen and oxygen atoms in total. The van der Waals surface area contributed by atoms with E-state index in [0.717, 1.165) is 53.5 Å². The predicted molar refractivity (Wildman–Crippen MR) is 152 cm³/mol. The SMILES string of the molecule is Cc1oc([C@@H](Cc2cn(C)c3ccccc23)N(C(=O)NC2(C)CCCCC2)C(=O)C(N)CC(C)C)nc1C(=O)O. The summed E-state index contributed by atoms with van der Waals surface area (Å²) in [4.78, 5) is 45.4. The van der Waals surface area contributed by atoms with Crippen molar-refractivity contribution in [2.24, 2.45) is 18.7 Å². The van der Waals surface area contributed by atoms with Gasteiger partial charge < -0.3 is 25.1 Å². The second-order valence-electron chi connectivity index (χ2n) is 11.8. The van der Waals surface area contributed by atoms with Gasteiger partial charge in [0.05, 0.1) is 6.04 Å². The average molecular weight is 552 g/mol. The van der Waals surface area contributed by atoms with Crippen LogP contribution in [0.5, 0.6) is 0 Å². The number of imide groups is 1. The van der Waals surface area contributed by atoms with Gasteiger partial charge in [0.2, 0.25) is 11.8 Å². The number of aromatic carboxylic acids is 1. The largest absolute Gasteiger partial charge is 0.476 e. The van der Waals surface area contributed by atoms with Crippen molar-refractivity contribution < 1.29 is 23.9 Å². The smallest absolute Gasteiger partial charge is 0.358 e. The van der Waals surface area contributed by atoms with Crippen LogP contribution in [-0.2, 0) is 18.3 Å². The molecule has 1 saturated carbocycles. The van der Waals surface area contributed by atoms with Crippen molar-refractivity contribution in [3.05, 3.63) is 53.4 Å². The zero-order valence-electron chi connectivity index (χ0n) is 24.1. The summed E-state index contributed by atoms with van der Waals surface area (Å²) in [7, 11) is 1.93. The number of urea groups is 1. The first-order chi connectivity index (χ1) is 18.9. The van der Waals surface area contributed by atoms with E-state index in [-0.39, 0.29) is 29.7 Å². The molecule has 0 bridgehead atoms. The minimum absolute atomic E-state index is 0.0168. The van der Waals surface area contributed by atoms with Crippen LogP contribution in [0.2, 0.25) is 0 Å². The van der Waals surface area contributed by atoms with Gasteiger partial charge in [-0.05, 0) is 50.7 Å². The fourth-order valence-corrected chi connectivity index (χ4v) is 5.80. The van der Waals surface area contributed by atoms with Gasteiger partial charge in [-0.25, -0.2) is 14.6 Å². The molecule has 2 heterocycles. The number of fused-ring (bicyclic) bond motifs is 1. The van der Waals surface area contributed by atoms with E-state index in [1.165, 1.54) is 6.92 Å². The molecule has 4 rings (SSSR count). The third-order valence-electron chi connectivity index (χ3n) is 7.87. The molecule has 3 amide bonds. The van der Waals surface area contributed by atoms with Crippen LogP contribution in [0.3, 0.4) is 0 Å². The molecule has 4 N–H and O–H groups in total. The highest BCUT2D eigenvalue weighted by atomic mass is 16.4. The van der Waals surface area contributed by atoms with Gasteiger partial charge in [0.15, 0.2) is 5.69 Å². The lowest BCUT2D eigenvalue weighted by molar-refractivity contribution is -0.132. The highest BCUT2D eigenvalue weighted by Crippen LogP contribution is 2.33. The van der Waals surface area contributed by atoms with E-state index in [2.05, 4.69) is 10.3 Å². The lowest BCUT2D eigenvalue weighted by Gasteiger charge is -2.38. The van der Waals surface area contributed by atoms with Gasteiger partial charge >= 0.3 is 12.0 Å². The minimum atomic E-state index is -1.25. The number of amides is 3. The Morgan fingerprint density at radius 3 is 2.50 bits per heavy atom. The van der Waals surface area contributed by atoms with Crippen molar-refractivity contribution in [3.63, 3.8) is 0 Å². The maximum Gasteiger partial charge on any atom is 0.358 e. The highest BCUT2D eigenvalue weighted by Gasteiger charge is 2.41. The number of hydrogen-bond acceptors (Lipinski definition) is 6. The maximum atomic E-state index is 14.1. The number of nitrogens with two attached hydrogens (primary N) is 1. The number of para-hydroxylation sites is 1. The molecular weight excluding hydrogens is 510 g/mol. The number of aromatic nitrogens is 2. The molecule has 1 fully saturated rings. The van der Waals surface area contributed by atoms with Gasteiger partial charge in [0.1, 0.15) is 11.8 Å². The van der Waals surface area contributed by atoms with Gasteiger partial charge in [0, 0.05) is 36.1 Å². The van der Waals surface area contributed by atoms with E-state index in [1.807, 2.05) is 62.8 Å². The van der Waals surface area contributed by atoms with E-state index in [9.17, 15) is 19.5 Å². The molecule has 2 atom stereocenters. The molecule has 0 saturated heterocycles. The Kier molecular flexibility index (Phi) is 8.68. The predicted octanol–water partition coefficient (Wildman–Crippen LogP) is 5.09. The van der Waals surface area contributed by atoms with Crippen LogP contribution in [0.4, 0.5) is 4.79 Å². The molecule has 1 aromatic carbocycles. The van der Waals surface area contributed by atoms with Crippen molar-refractivity contribution >= 4 is 28.8 Å². The molecule has 3 aromatic rings. The lowest BCUT2D eigenvalue weighted by Crippen LogP contribution is -2.58. The third-order valence-corrected chi connectivity index (χ3v) is 7.87. The van der Waals surface area contributed by atoms with Crippen LogP contribution in [0.1, 0.15) is 93.0 Å². The zero-order valence-corrected chi connectivity index (χ0v) is 24.1. The molecule has 0 radical (unpaired) electrons. The molecule has 216 valence electrons. The van der Waals surface area contributed by atoms with Crippen LogP contribution >= 0.6 is 0 Å². The molecular formula is C30H41N5O5. The Bertz CT molecular complexity index is 1380. The van der Waals surface area contributed by atoms with Gasteiger partial charge in [-0.15, -0.1) is 0 Å². The standard InChI is InChI=1S/C30H41N5O5/c1-18(2)15-22(31)27(36)35(29(39)33-30(4)13-9-6-10-14-30)24(26-32-25(28(37)38)19(3)40-26)16-20-17-34(5)23-12-8-7-11-21(20)23/h7-8,11-12,17-18,22,24H,6,9-10,13-16,31H2,1-5H3,(H,33,39)(H,37,38)/t22?,24-/m1/s1. The lowest BCUT2D eigenvalue weighted by atomic mass is 9.83. The van der Waals surface area contributed by atoms with Crippen molar-refractivity contribution in [1.29, 1.82) is 0 Å². The number of nitrogens with one attached hydrogen (secondary N) is 1. The van der Waals surface area contributed by atoms with Gasteiger partial charge in [-0.1, -0.05) is 51.3 Å². The van der Waals surface area contributed by atoms with Gasteiger partial charge in [0.25, 0.3) is 0 Å². The summed E-state index contributed by atoms with van der Waals surface area (Å²) in [5.41, 5.74) is 7.51. The first kappa shape index (κ1) is 29.3. The van der Waals surface area contributed by atoms with Crippen LogP contribution in [0.15, 0.2) is 34.9 Å². The van der Waals surface area contributed by atoms with Crippen LogP contribution in [-0.4, -0.2) is 49.0 Å². The number of nitrogens with zero attached hydrogens (tertiary/aromatic N) is 3. The fraction of sp³-hybridized carbons (Fsp3) is 0.533. The number of carboxylic acid groups (broad SMARTS) is 1. The van der Waals surface area contributed by atoms with E-state index in [1.54, 1.807) is 0 Å². The molecule has 1 unspecified atom stereocenters. The van der Waals surface area contributed by atoms with E-state index in [4.69, 9.17) is 10.2 Å². The summed E-state index contributed by atoms with van der Waals surface area (Å²) < 4.78 is 7.85. The summed E-state index contributed by atoms with van der Waals surface area (Å²) in [5.74, 6) is -1.59. The number of benzene rings is 1. The molecule has 1 aliphatic rings. The van der Waals surface area contributed by atoms with Crippen molar-refractivity contribution in [1.82, 2.24) is 19.8 Å². The molecule has 0 spiro atoms. The highest BCUT2D eigenvalue weighted by molar-refractivity contribution is 5.98. The van der Waals surface area contributed by atoms with E-state index in [0.29, 0.717) is 6.42 Å². The second-order valence-corrected chi connectivity index (χ2v) is 11.8.